The summed E-state index contributed by atoms with van der Waals surface area (Å²) in [5.74, 6) is 0.152. The fourth-order valence-corrected chi connectivity index (χ4v) is 4.01. The predicted molar refractivity (Wildman–Crippen MR) is 167 cm³/mol. The van der Waals surface area contributed by atoms with Gasteiger partial charge in [-0.25, -0.2) is 0 Å². The molecule has 2 rings (SSSR count). The zero-order valence-corrected chi connectivity index (χ0v) is 28.4. The van der Waals surface area contributed by atoms with Crippen LogP contribution >= 0.6 is 14.1 Å². The Labute approximate surface area is 247 Å². The summed E-state index contributed by atoms with van der Waals surface area (Å²) < 4.78 is 0. The van der Waals surface area contributed by atoms with Crippen molar-refractivity contribution >= 4 is 40.1 Å². The van der Waals surface area contributed by atoms with Crippen LogP contribution in [0.3, 0.4) is 0 Å². The third-order valence-electron chi connectivity index (χ3n) is 6.51. The number of ketones is 2. The first-order chi connectivity index (χ1) is 17.2. The number of hydrogen-bond donors (Lipinski definition) is 2. The van der Waals surface area contributed by atoms with E-state index in [-0.39, 0.29) is 33.2 Å². The minimum Gasteiger partial charge on any atom is -0.389 e. The molecule has 0 aromatic heterocycles. The third kappa shape index (κ3) is 9.54. The average Bonchev–Trinajstić information content (AvgIpc) is 2.76. The first-order valence-electron chi connectivity index (χ1n) is 13.3. The molecule has 6 heteroatoms. The van der Waals surface area contributed by atoms with Gasteiger partial charge in [-0.3, -0.25) is 23.6 Å². The van der Waals surface area contributed by atoms with Crippen LogP contribution in [0.4, 0.5) is 0 Å². The molecule has 0 fully saturated rings. The Morgan fingerprint density at radius 2 is 0.868 bits per heavy atom. The summed E-state index contributed by atoms with van der Waals surface area (Å²) in [5, 5.41) is 6.57. The van der Waals surface area contributed by atoms with Gasteiger partial charge in [0.15, 0.2) is 11.6 Å². The molecule has 2 aliphatic rings. The lowest BCUT2D eigenvalue weighted by atomic mass is 9.73. The van der Waals surface area contributed by atoms with E-state index in [9.17, 15) is 9.59 Å². The molecule has 38 heavy (non-hydrogen) atoms. The number of allylic oxidation sites excluding steroid dienone is 10. The summed E-state index contributed by atoms with van der Waals surface area (Å²) in [6.07, 6.45) is 11.8. The Morgan fingerprint density at radius 3 is 1.11 bits per heavy atom. The van der Waals surface area contributed by atoms with Gasteiger partial charge in [-0.15, -0.1) is 0 Å². The molecule has 0 spiro atoms. The summed E-state index contributed by atoms with van der Waals surface area (Å²) in [4.78, 5) is 26.3. The maximum atomic E-state index is 13.1. The number of carbonyl (C=O) groups is 2. The van der Waals surface area contributed by atoms with E-state index in [2.05, 4.69) is 134 Å². The molecule has 0 aromatic carbocycles. The maximum Gasteiger partial charge on any atom is 0.250 e. The molecule has 0 heterocycles. The summed E-state index contributed by atoms with van der Waals surface area (Å²) in [6.45, 7) is 26.7. The van der Waals surface area contributed by atoms with E-state index in [4.69, 9.17) is 0 Å². The Bertz CT molecular complexity index is 1000. The quantitative estimate of drug-likeness (QED) is 0.196. The highest BCUT2D eigenvalue weighted by Gasteiger charge is 2.32. The van der Waals surface area contributed by atoms with E-state index in [1.807, 2.05) is 24.6 Å². The van der Waals surface area contributed by atoms with Crippen molar-refractivity contribution in [3.8, 4) is 0 Å². The zero-order chi connectivity index (χ0) is 29.7. The fraction of sp³-hybridized carbons (Fsp3) is 0.562. The number of nitrogens with one attached hydrogen (secondary N) is 2. The molecule has 0 aromatic rings. The van der Waals surface area contributed by atoms with Crippen LogP contribution in [-0.4, -0.2) is 39.1 Å². The zero-order valence-electron chi connectivity index (χ0n) is 25.7. The lowest BCUT2D eigenvalue weighted by molar-refractivity contribution is -0.113. The molecule has 0 amide bonds. The number of rotatable bonds is 5. The molecule has 4 nitrogen and oxygen atoms in total. The molecule has 0 atom stereocenters. The van der Waals surface area contributed by atoms with Crippen molar-refractivity contribution in [3.05, 3.63) is 70.1 Å². The van der Waals surface area contributed by atoms with Gasteiger partial charge in [-0.2, -0.15) is 0 Å². The van der Waals surface area contributed by atoms with E-state index in [0.717, 1.165) is 22.3 Å². The monoisotopic (exact) mass is 598 g/mol. The molecule has 0 bridgehead atoms. The number of Topliss-reactive ketones (excluding diaryl/α,β-unsaturated/α-hetero) is 2. The van der Waals surface area contributed by atoms with Crippen molar-refractivity contribution in [3.63, 3.8) is 0 Å². The molecule has 0 unspecified atom stereocenters. The van der Waals surface area contributed by atoms with Crippen LogP contribution in [-0.2, 0) is 9.59 Å². The van der Waals surface area contributed by atoms with Crippen LogP contribution in [0.25, 0.3) is 0 Å². The smallest absolute Gasteiger partial charge is 0.250 e. The summed E-state index contributed by atoms with van der Waals surface area (Å²) in [5.41, 5.74) is 4.83. The summed E-state index contributed by atoms with van der Waals surface area (Å²) >= 11 is 5.08. The van der Waals surface area contributed by atoms with E-state index >= 15 is 0 Å². The average molecular weight is 600 g/mol. The van der Waals surface area contributed by atoms with Crippen molar-refractivity contribution in [1.29, 1.82) is 0 Å². The van der Waals surface area contributed by atoms with Crippen LogP contribution < -0.4 is 10.6 Å². The second-order valence-corrected chi connectivity index (χ2v) is 14.1. The van der Waals surface area contributed by atoms with Crippen LogP contribution in [0.1, 0.15) is 83.1 Å². The van der Waals surface area contributed by atoms with Crippen molar-refractivity contribution in [1.82, 2.24) is 10.6 Å². The molecule has 0 saturated heterocycles. The van der Waals surface area contributed by atoms with Gasteiger partial charge in [-0.05, 0) is 45.0 Å². The van der Waals surface area contributed by atoms with Gasteiger partial charge in [0.05, 0.1) is 0 Å². The van der Waals surface area contributed by atoms with Gasteiger partial charge in [0.1, 0.15) is 0 Å². The fourth-order valence-electron chi connectivity index (χ4n) is 4.01. The first kappa shape index (κ1) is 34.4. The standard InChI is InChI=1S/C32H48N2O2.Al.BrH/c1-29(2,3)23-15-21(27(35)25(17-23)31(7,8)9)19-33-13-14-34-20-22-16-24(30(4,5)6)18-26(28(22)36)32(10,11)12;;/h15-20,33-34H,13-14H2,1-12H3;;1H/q;+1;/p-1/b21-19-,22-20-;;. The molecular formula is C32H48AlBrN2O2. The highest BCUT2D eigenvalue weighted by atomic mass is 79.9. The lowest BCUT2D eigenvalue weighted by Gasteiger charge is -2.30. The molecule has 208 valence electrons. The molecular weight excluding hydrogens is 551 g/mol. The van der Waals surface area contributed by atoms with Gasteiger partial charge in [0.25, 0.3) is 14.5 Å². The van der Waals surface area contributed by atoms with E-state index in [0.29, 0.717) is 24.2 Å². The second kappa shape index (κ2) is 13.2. The molecule has 2 aliphatic carbocycles. The van der Waals surface area contributed by atoms with Crippen LogP contribution in [0.5, 0.6) is 0 Å². The van der Waals surface area contributed by atoms with E-state index < -0.39 is 0 Å². The number of carbonyl (C=O) groups excluding carboxylic acids is 2. The molecule has 2 radical (unpaired) electrons. The van der Waals surface area contributed by atoms with Crippen LogP contribution in [0.15, 0.2) is 70.1 Å². The van der Waals surface area contributed by atoms with E-state index in [1.54, 1.807) is 0 Å². The minimum atomic E-state index is -0.221. The SMILES string of the molecule is CC(C)(C)C1=C/C(=C/NCCN/C=C2/C=C(C(C)(C)C)C=C(C(C)(C)C)C2=O)C(=O)C(C(C)(C)C)=C1.[Al][Br]. The number of hydrogen-bond acceptors (Lipinski definition) is 4. The Balaban J connectivity index is 0.00000352. The summed E-state index contributed by atoms with van der Waals surface area (Å²) in [6, 6.07) is 0. The van der Waals surface area contributed by atoms with Crippen molar-refractivity contribution in [2.75, 3.05) is 13.1 Å². The second-order valence-electron chi connectivity index (χ2n) is 14.1. The van der Waals surface area contributed by atoms with Crippen molar-refractivity contribution in [2.24, 2.45) is 21.7 Å². The number of halogens is 1. The first-order valence-corrected chi connectivity index (χ1v) is 16.5. The normalized spacial score (nSPS) is 19.3. The highest BCUT2D eigenvalue weighted by Crippen LogP contribution is 2.39. The van der Waals surface area contributed by atoms with Crippen LogP contribution in [0, 0.1) is 21.7 Å². The topological polar surface area (TPSA) is 58.2 Å². The van der Waals surface area contributed by atoms with Gasteiger partial charge < -0.3 is 10.6 Å². The largest absolute Gasteiger partial charge is 0.389 e. The molecule has 0 aliphatic heterocycles. The highest BCUT2D eigenvalue weighted by molar-refractivity contribution is 9.22. The molecule has 2 N–H and O–H groups in total. The van der Waals surface area contributed by atoms with Gasteiger partial charge in [-0.1, -0.05) is 95.2 Å². The van der Waals surface area contributed by atoms with Crippen molar-refractivity contribution < 1.29 is 9.59 Å². The maximum absolute atomic E-state index is 13.1. The third-order valence-corrected chi connectivity index (χ3v) is 6.51. The minimum absolute atomic E-state index is 0.0453. The van der Waals surface area contributed by atoms with Crippen LogP contribution in [0.2, 0.25) is 0 Å². The summed E-state index contributed by atoms with van der Waals surface area (Å²) in [7, 11) is 0. The van der Waals surface area contributed by atoms with Crippen molar-refractivity contribution in [2.45, 2.75) is 83.1 Å². The molecule has 0 saturated carbocycles. The van der Waals surface area contributed by atoms with Gasteiger partial charge in [0, 0.05) is 47.8 Å². The van der Waals surface area contributed by atoms with E-state index in [1.165, 1.54) is 0 Å². The predicted octanol–water partition coefficient (Wildman–Crippen LogP) is 7.45. The Hall–Kier alpha value is -1.61. The lowest BCUT2D eigenvalue weighted by Crippen LogP contribution is -2.27. The Morgan fingerprint density at radius 1 is 0.579 bits per heavy atom. The Kier molecular flexibility index (Phi) is 11.9. The van der Waals surface area contributed by atoms with Gasteiger partial charge in [0.2, 0.25) is 0 Å². The van der Waals surface area contributed by atoms with Gasteiger partial charge >= 0.3 is 0 Å².